The molecule has 0 aromatic carbocycles. The van der Waals surface area contributed by atoms with E-state index in [1.165, 1.54) is 44.9 Å². The molecular formula is C16H28O3. The van der Waals surface area contributed by atoms with Gasteiger partial charge in [0, 0.05) is 6.42 Å². The molecule has 19 heavy (non-hydrogen) atoms. The van der Waals surface area contributed by atoms with Crippen molar-refractivity contribution < 1.29 is 14.3 Å². The summed E-state index contributed by atoms with van der Waals surface area (Å²) in [4.78, 5) is 22.6. The van der Waals surface area contributed by atoms with Gasteiger partial charge in [-0.3, -0.25) is 9.59 Å². The molecule has 0 aliphatic carbocycles. The maximum atomic E-state index is 11.4. The topological polar surface area (TPSA) is 43.4 Å². The smallest absolute Gasteiger partial charge is 0.165 e. The molecule has 1 aliphatic rings. The third-order valence-corrected chi connectivity index (χ3v) is 3.71. The van der Waals surface area contributed by atoms with E-state index in [0.717, 1.165) is 12.8 Å². The second kappa shape index (κ2) is 10.1. The fourth-order valence-electron chi connectivity index (χ4n) is 2.56. The lowest BCUT2D eigenvalue weighted by Gasteiger charge is -2.13. The summed E-state index contributed by atoms with van der Waals surface area (Å²) < 4.78 is 5.47. The van der Waals surface area contributed by atoms with Crippen LogP contribution in [0.25, 0.3) is 0 Å². The molecule has 1 saturated heterocycles. The van der Waals surface area contributed by atoms with Gasteiger partial charge < -0.3 is 4.74 Å². The van der Waals surface area contributed by atoms with Crippen LogP contribution in [-0.2, 0) is 14.3 Å². The van der Waals surface area contributed by atoms with Crippen molar-refractivity contribution in [3.05, 3.63) is 0 Å². The first-order valence-corrected chi connectivity index (χ1v) is 7.87. The summed E-state index contributed by atoms with van der Waals surface area (Å²) in [7, 11) is 0. The second-order valence-electron chi connectivity index (χ2n) is 5.65. The predicted octanol–water partition coefficient (Wildman–Crippen LogP) is 3.83. The highest BCUT2D eigenvalue weighted by Gasteiger charge is 2.22. The summed E-state index contributed by atoms with van der Waals surface area (Å²) >= 11 is 0. The first-order chi connectivity index (χ1) is 9.22. The van der Waals surface area contributed by atoms with Gasteiger partial charge in [-0.05, 0) is 6.42 Å². The van der Waals surface area contributed by atoms with E-state index in [0.29, 0.717) is 6.42 Å². The molecule has 3 nitrogen and oxygen atoms in total. The highest BCUT2D eigenvalue weighted by molar-refractivity contribution is 6.00. The van der Waals surface area contributed by atoms with Gasteiger partial charge in [0.15, 0.2) is 5.78 Å². The zero-order chi connectivity index (χ0) is 13.9. The lowest BCUT2D eigenvalue weighted by Crippen LogP contribution is -2.15. The number of Topliss-reactive ketones (excluding diaryl/α,β-unsaturated/α-hetero) is 2. The summed E-state index contributed by atoms with van der Waals surface area (Å²) in [5.74, 6) is -0.0181. The van der Waals surface area contributed by atoms with E-state index in [2.05, 4.69) is 6.92 Å². The molecule has 0 aromatic rings. The number of ether oxygens (including phenoxy) is 1. The first kappa shape index (κ1) is 16.4. The third kappa shape index (κ3) is 8.14. The van der Waals surface area contributed by atoms with Crippen LogP contribution >= 0.6 is 0 Å². The van der Waals surface area contributed by atoms with Crippen molar-refractivity contribution >= 4 is 11.6 Å². The average Bonchev–Trinajstić information content (AvgIpc) is 2.53. The molecule has 1 unspecified atom stereocenters. The van der Waals surface area contributed by atoms with Crippen LogP contribution in [0.3, 0.4) is 0 Å². The average molecular weight is 268 g/mol. The van der Waals surface area contributed by atoms with Crippen molar-refractivity contribution in [2.75, 3.05) is 6.61 Å². The van der Waals surface area contributed by atoms with Crippen LogP contribution in [0.2, 0.25) is 0 Å². The Hall–Kier alpha value is -0.700. The first-order valence-electron chi connectivity index (χ1n) is 7.87. The Labute approximate surface area is 117 Å². The minimum atomic E-state index is -0.0663. The van der Waals surface area contributed by atoms with E-state index in [4.69, 9.17) is 4.74 Å². The van der Waals surface area contributed by atoms with Crippen LogP contribution in [0.4, 0.5) is 0 Å². The van der Waals surface area contributed by atoms with Gasteiger partial charge >= 0.3 is 0 Å². The Morgan fingerprint density at radius 1 is 0.947 bits per heavy atom. The van der Waals surface area contributed by atoms with Crippen molar-refractivity contribution in [2.24, 2.45) is 0 Å². The van der Waals surface area contributed by atoms with Crippen molar-refractivity contribution in [3.8, 4) is 0 Å². The largest absolute Gasteiger partial charge is 0.370 e. The van der Waals surface area contributed by atoms with Crippen LogP contribution in [0.1, 0.15) is 77.6 Å². The highest BCUT2D eigenvalue weighted by Crippen LogP contribution is 2.16. The molecule has 110 valence electrons. The third-order valence-electron chi connectivity index (χ3n) is 3.71. The molecule has 0 saturated carbocycles. The van der Waals surface area contributed by atoms with E-state index in [-0.39, 0.29) is 30.7 Å². The molecule has 0 aromatic heterocycles. The minimum Gasteiger partial charge on any atom is -0.370 e. The fraction of sp³-hybridized carbons (Fsp3) is 0.875. The molecule has 1 atom stereocenters. The lowest BCUT2D eigenvalue weighted by molar-refractivity contribution is -0.126. The van der Waals surface area contributed by atoms with Crippen molar-refractivity contribution in [3.63, 3.8) is 0 Å². The number of carbonyl (C=O) groups excluding carboxylic acids is 2. The van der Waals surface area contributed by atoms with Gasteiger partial charge in [-0.1, -0.05) is 58.3 Å². The lowest BCUT2D eigenvalue weighted by atomic mass is 10.0. The normalized spacial score (nSPS) is 20.6. The Morgan fingerprint density at radius 3 is 2.26 bits per heavy atom. The van der Waals surface area contributed by atoms with Crippen molar-refractivity contribution in [1.82, 2.24) is 0 Å². The molecule has 0 N–H and O–H groups in total. The zero-order valence-electron chi connectivity index (χ0n) is 12.3. The van der Waals surface area contributed by atoms with Gasteiger partial charge in [-0.15, -0.1) is 0 Å². The maximum absolute atomic E-state index is 11.4. The summed E-state index contributed by atoms with van der Waals surface area (Å²) in [5.41, 5.74) is 0. The van der Waals surface area contributed by atoms with Crippen LogP contribution in [0.15, 0.2) is 0 Å². The molecular weight excluding hydrogens is 240 g/mol. The van der Waals surface area contributed by atoms with Crippen LogP contribution in [0.5, 0.6) is 0 Å². The summed E-state index contributed by atoms with van der Waals surface area (Å²) in [6.45, 7) is 2.37. The molecule has 0 radical (unpaired) electrons. The van der Waals surface area contributed by atoms with Crippen LogP contribution in [-0.4, -0.2) is 24.3 Å². The number of hydrogen-bond donors (Lipinski definition) is 0. The molecule has 0 spiro atoms. The highest BCUT2D eigenvalue weighted by atomic mass is 16.5. The fourth-order valence-corrected chi connectivity index (χ4v) is 2.56. The number of rotatable bonds is 9. The molecule has 1 fully saturated rings. The van der Waals surface area contributed by atoms with Crippen LogP contribution < -0.4 is 0 Å². The predicted molar refractivity (Wildman–Crippen MR) is 76.2 cm³/mol. The standard InChI is InChI=1S/C16H28O3/c1-2-3-4-5-6-7-8-9-10-16-12-14(17)11-15(18)13-19-16/h16H,2-13H2,1H3. The van der Waals surface area contributed by atoms with Gasteiger partial charge in [-0.25, -0.2) is 0 Å². The molecule has 0 bridgehead atoms. The number of unbranched alkanes of at least 4 members (excludes halogenated alkanes) is 7. The number of carbonyl (C=O) groups is 2. The van der Waals surface area contributed by atoms with Gasteiger partial charge in [-0.2, -0.15) is 0 Å². The summed E-state index contributed by atoms with van der Waals surface area (Å²) in [6.07, 6.45) is 11.7. The van der Waals surface area contributed by atoms with Crippen molar-refractivity contribution in [1.29, 1.82) is 0 Å². The molecule has 1 heterocycles. The number of hydrogen-bond acceptors (Lipinski definition) is 3. The molecule has 0 amide bonds. The van der Waals surface area contributed by atoms with Gasteiger partial charge in [0.1, 0.15) is 12.4 Å². The molecule has 3 heteroatoms. The summed E-state index contributed by atoms with van der Waals surface area (Å²) in [6, 6.07) is 0. The monoisotopic (exact) mass is 268 g/mol. The Balaban J connectivity index is 1.99. The number of ketones is 2. The zero-order valence-corrected chi connectivity index (χ0v) is 12.3. The van der Waals surface area contributed by atoms with Crippen LogP contribution in [0, 0.1) is 0 Å². The Kier molecular flexibility index (Phi) is 8.72. The SMILES string of the molecule is CCCCCCCCCCC1CC(=O)CC(=O)CO1. The van der Waals surface area contributed by atoms with E-state index < -0.39 is 0 Å². The Morgan fingerprint density at radius 2 is 1.58 bits per heavy atom. The van der Waals surface area contributed by atoms with E-state index in [1.807, 2.05) is 0 Å². The van der Waals surface area contributed by atoms with Gasteiger partial charge in [0.25, 0.3) is 0 Å². The van der Waals surface area contributed by atoms with E-state index in [9.17, 15) is 9.59 Å². The maximum Gasteiger partial charge on any atom is 0.165 e. The molecule has 1 aliphatic heterocycles. The second-order valence-corrected chi connectivity index (χ2v) is 5.65. The quantitative estimate of drug-likeness (QED) is 0.471. The van der Waals surface area contributed by atoms with Gasteiger partial charge in [0.05, 0.1) is 12.5 Å². The molecule has 1 rings (SSSR count). The van der Waals surface area contributed by atoms with E-state index in [1.54, 1.807) is 0 Å². The summed E-state index contributed by atoms with van der Waals surface area (Å²) in [5, 5.41) is 0. The van der Waals surface area contributed by atoms with E-state index >= 15 is 0 Å². The minimum absolute atomic E-state index is 0.0148. The Bertz CT molecular complexity index is 273. The van der Waals surface area contributed by atoms with Gasteiger partial charge in [0.2, 0.25) is 0 Å². The van der Waals surface area contributed by atoms with Crippen molar-refractivity contribution in [2.45, 2.75) is 83.7 Å².